The molecule has 0 unspecified atom stereocenters. The molecular weight excluding hydrogens is 342 g/mol. The normalized spacial score (nSPS) is 10.9. The fraction of sp³-hybridized carbons (Fsp3) is 0.150. The molecule has 130 valence electrons. The van der Waals surface area contributed by atoms with E-state index in [9.17, 15) is 0 Å². The molecule has 0 saturated carbocycles. The predicted octanol–water partition coefficient (Wildman–Crippen LogP) is 4.52. The Kier molecular flexibility index (Phi) is 5.12. The molecular formula is C20H19N5S. The molecule has 0 aliphatic carbocycles. The first kappa shape index (κ1) is 16.6. The zero-order chi connectivity index (χ0) is 17.6. The molecule has 2 aromatic carbocycles. The summed E-state index contributed by atoms with van der Waals surface area (Å²) in [6, 6.07) is 20.7. The van der Waals surface area contributed by atoms with Gasteiger partial charge in [-0.15, -0.1) is 0 Å². The minimum Gasteiger partial charge on any atom is -0.332 e. The van der Waals surface area contributed by atoms with Crippen LogP contribution in [-0.4, -0.2) is 30.5 Å². The summed E-state index contributed by atoms with van der Waals surface area (Å²) in [7, 11) is 0. The highest BCUT2D eigenvalue weighted by molar-refractivity contribution is 7.99. The van der Waals surface area contributed by atoms with Crippen molar-refractivity contribution < 1.29 is 0 Å². The van der Waals surface area contributed by atoms with Gasteiger partial charge in [0.05, 0.1) is 11.4 Å². The number of imidazole rings is 1. The summed E-state index contributed by atoms with van der Waals surface area (Å²) in [5.74, 6) is 0.968. The molecule has 6 heteroatoms. The van der Waals surface area contributed by atoms with E-state index in [-0.39, 0.29) is 0 Å². The summed E-state index contributed by atoms with van der Waals surface area (Å²) >= 11 is 1.74. The average molecular weight is 361 g/mol. The van der Waals surface area contributed by atoms with Crippen molar-refractivity contribution >= 4 is 11.8 Å². The quantitative estimate of drug-likeness (QED) is 0.388. The van der Waals surface area contributed by atoms with Crippen LogP contribution >= 0.6 is 11.8 Å². The number of thioether (sulfide) groups is 1. The van der Waals surface area contributed by atoms with Crippen molar-refractivity contribution in [2.45, 2.75) is 18.1 Å². The first-order valence-electron chi connectivity index (χ1n) is 8.56. The standard InChI is InChI=1S/C20H19N5S/c1-3-8-16(9-4-1)18-19(17-10-5-2-6-11-17)24-20(23-18)26-13-7-12-25-15-21-14-22-25/h1-6,8-11,14-15H,7,12-13H2,(H,23,24). The first-order valence-corrected chi connectivity index (χ1v) is 9.55. The van der Waals surface area contributed by atoms with E-state index in [0.29, 0.717) is 0 Å². The van der Waals surface area contributed by atoms with E-state index in [2.05, 4.69) is 51.5 Å². The topological polar surface area (TPSA) is 59.4 Å². The van der Waals surface area contributed by atoms with Crippen molar-refractivity contribution in [1.82, 2.24) is 24.7 Å². The molecule has 4 aromatic rings. The molecule has 0 fully saturated rings. The lowest BCUT2D eigenvalue weighted by Crippen LogP contribution is -1.99. The zero-order valence-corrected chi connectivity index (χ0v) is 15.1. The van der Waals surface area contributed by atoms with Crippen molar-refractivity contribution in [3.8, 4) is 22.5 Å². The van der Waals surface area contributed by atoms with Crippen LogP contribution in [-0.2, 0) is 6.54 Å². The van der Waals surface area contributed by atoms with Crippen LogP contribution in [0.2, 0.25) is 0 Å². The maximum atomic E-state index is 4.86. The monoisotopic (exact) mass is 361 g/mol. The number of aryl methyl sites for hydroxylation is 1. The third-order valence-electron chi connectivity index (χ3n) is 4.03. The number of benzene rings is 2. The highest BCUT2D eigenvalue weighted by Gasteiger charge is 2.14. The zero-order valence-electron chi connectivity index (χ0n) is 14.2. The lowest BCUT2D eigenvalue weighted by molar-refractivity contribution is 0.604. The molecule has 0 atom stereocenters. The Morgan fingerprint density at radius 3 is 2.35 bits per heavy atom. The minimum absolute atomic E-state index is 0.866. The molecule has 0 bridgehead atoms. The highest BCUT2D eigenvalue weighted by atomic mass is 32.2. The Morgan fingerprint density at radius 1 is 0.923 bits per heavy atom. The number of H-pyrrole nitrogens is 1. The Balaban J connectivity index is 1.53. The Bertz CT molecular complexity index is 876. The minimum atomic E-state index is 0.866. The molecule has 26 heavy (non-hydrogen) atoms. The van der Waals surface area contributed by atoms with E-state index < -0.39 is 0 Å². The molecule has 2 heterocycles. The molecule has 5 nitrogen and oxygen atoms in total. The summed E-state index contributed by atoms with van der Waals surface area (Å²) in [5.41, 5.74) is 4.33. The van der Waals surface area contributed by atoms with Crippen LogP contribution in [0.1, 0.15) is 6.42 Å². The Hall–Kier alpha value is -2.86. The number of hydrogen-bond acceptors (Lipinski definition) is 4. The van der Waals surface area contributed by atoms with Gasteiger partial charge in [-0.05, 0) is 6.42 Å². The van der Waals surface area contributed by atoms with Gasteiger partial charge in [-0.2, -0.15) is 5.10 Å². The van der Waals surface area contributed by atoms with E-state index in [1.54, 1.807) is 24.4 Å². The number of aromatic nitrogens is 5. The third-order valence-corrected chi connectivity index (χ3v) is 4.99. The van der Waals surface area contributed by atoms with Gasteiger partial charge in [0, 0.05) is 23.4 Å². The maximum absolute atomic E-state index is 4.86. The van der Waals surface area contributed by atoms with E-state index in [4.69, 9.17) is 4.98 Å². The van der Waals surface area contributed by atoms with Crippen LogP contribution in [0.3, 0.4) is 0 Å². The van der Waals surface area contributed by atoms with E-state index >= 15 is 0 Å². The van der Waals surface area contributed by atoms with Gasteiger partial charge in [0.2, 0.25) is 0 Å². The summed E-state index contributed by atoms with van der Waals surface area (Å²) in [6.45, 7) is 0.866. The SMILES string of the molecule is c1ccc(-c2nc(SCCCn3cncn3)[nH]c2-c2ccccc2)cc1. The van der Waals surface area contributed by atoms with E-state index in [1.807, 2.05) is 28.9 Å². The van der Waals surface area contributed by atoms with Crippen LogP contribution in [0.15, 0.2) is 78.5 Å². The van der Waals surface area contributed by atoms with E-state index in [1.165, 1.54) is 0 Å². The van der Waals surface area contributed by atoms with Crippen LogP contribution < -0.4 is 0 Å². The molecule has 2 aromatic heterocycles. The molecule has 4 rings (SSSR count). The van der Waals surface area contributed by atoms with Gasteiger partial charge in [0.25, 0.3) is 0 Å². The molecule has 0 amide bonds. The maximum Gasteiger partial charge on any atom is 0.166 e. The van der Waals surface area contributed by atoms with Crippen molar-refractivity contribution in [3.63, 3.8) is 0 Å². The predicted molar refractivity (Wildman–Crippen MR) is 105 cm³/mol. The van der Waals surface area contributed by atoms with Gasteiger partial charge in [-0.3, -0.25) is 4.68 Å². The largest absolute Gasteiger partial charge is 0.332 e. The molecule has 0 aliphatic rings. The highest BCUT2D eigenvalue weighted by Crippen LogP contribution is 2.32. The molecule has 0 radical (unpaired) electrons. The second-order valence-corrected chi connectivity index (χ2v) is 6.94. The Labute approximate surface area is 156 Å². The molecule has 1 N–H and O–H groups in total. The van der Waals surface area contributed by atoms with Crippen LogP contribution in [0.5, 0.6) is 0 Å². The van der Waals surface area contributed by atoms with E-state index in [0.717, 1.165) is 46.4 Å². The molecule has 0 spiro atoms. The fourth-order valence-corrected chi connectivity index (χ4v) is 3.58. The second kappa shape index (κ2) is 8.01. The summed E-state index contributed by atoms with van der Waals surface area (Å²) in [5, 5.41) is 5.08. The van der Waals surface area contributed by atoms with Gasteiger partial charge < -0.3 is 4.98 Å². The van der Waals surface area contributed by atoms with Crippen LogP contribution in [0.4, 0.5) is 0 Å². The van der Waals surface area contributed by atoms with Crippen LogP contribution in [0.25, 0.3) is 22.5 Å². The second-order valence-electron chi connectivity index (χ2n) is 5.86. The lowest BCUT2D eigenvalue weighted by atomic mass is 10.1. The van der Waals surface area contributed by atoms with Gasteiger partial charge in [0.1, 0.15) is 12.7 Å². The van der Waals surface area contributed by atoms with Gasteiger partial charge >= 0.3 is 0 Å². The first-order chi connectivity index (χ1) is 12.9. The Morgan fingerprint density at radius 2 is 1.65 bits per heavy atom. The number of rotatable bonds is 7. The number of hydrogen-bond donors (Lipinski definition) is 1. The molecule has 0 aliphatic heterocycles. The number of nitrogens with zero attached hydrogens (tertiary/aromatic N) is 4. The summed E-state index contributed by atoms with van der Waals surface area (Å²) < 4.78 is 1.85. The summed E-state index contributed by atoms with van der Waals surface area (Å²) in [6.07, 6.45) is 4.33. The van der Waals surface area contributed by atoms with Crippen molar-refractivity contribution in [3.05, 3.63) is 73.3 Å². The smallest absolute Gasteiger partial charge is 0.166 e. The fourth-order valence-electron chi connectivity index (χ4n) is 2.78. The lowest BCUT2D eigenvalue weighted by Gasteiger charge is -2.02. The van der Waals surface area contributed by atoms with Crippen molar-refractivity contribution in [2.24, 2.45) is 0 Å². The van der Waals surface area contributed by atoms with Crippen molar-refractivity contribution in [1.29, 1.82) is 0 Å². The van der Waals surface area contributed by atoms with Gasteiger partial charge in [0.15, 0.2) is 5.16 Å². The third kappa shape index (κ3) is 3.86. The number of aromatic amines is 1. The molecule has 0 saturated heterocycles. The summed E-state index contributed by atoms with van der Waals surface area (Å²) in [4.78, 5) is 12.3. The average Bonchev–Trinajstić information content (AvgIpc) is 3.37. The van der Waals surface area contributed by atoms with Crippen LogP contribution in [0, 0.1) is 0 Å². The van der Waals surface area contributed by atoms with Gasteiger partial charge in [-0.25, -0.2) is 9.97 Å². The van der Waals surface area contributed by atoms with Gasteiger partial charge in [-0.1, -0.05) is 72.4 Å². The van der Waals surface area contributed by atoms with Crippen molar-refractivity contribution in [2.75, 3.05) is 5.75 Å². The number of nitrogens with one attached hydrogen (secondary N) is 1.